The fourth-order valence-electron chi connectivity index (χ4n) is 5.70. The number of imidazole rings is 1. The number of benzene rings is 2. The third-order valence-electron chi connectivity index (χ3n) is 7.40. The molecule has 1 aliphatic heterocycles. The highest BCUT2D eigenvalue weighted by Crippen LogP contribution is 2.26. The van der Waals surface area contributed by atoms with Crippen LogP contribution in [0.2, 0.25) is 0 Å². The number of aromatic nitrogens is 2. The molecule has 0 bridgehead atoms. The molecule has 1 aromatic heterocycles. The number of likely N-dealkylation sites (tertiary alicyclic amines) is 1. The highest BCUT2D eigenvalue weighted by molar-refractivity contribution is 5.94. The lowest BCUT2D eigenvalue weighted by molar-refractivity contribution is 0.0963. The second-order valence-electron chi connectivity index (χ2n) is 11.9. The maximum atomic E-state index is 12.0. The Bertz CT molecular complexity index is 1180. The van der Waals surface area contributed by atoms with E-state index in [1.165, 1.54) is 43.4 Å². The van der Waals surface area contributed by atoms with Crippen molar-refractivity contribution in [2.75, 3.05) is 45.1 Å². The average molecular weight is 533 g/mol. The minimum absolute atomic E-state index is 0.0805. The van der Waals surface area contributed by atoms with Crippen molar-refractivity contribution in [2.45, 2.75) is 66.5 Å². The van der Waals surface area contributed by atoms with Gasteiger partial charge in [-0.2, -0.15) is 0 Å². The van der Waals surface area contributed by atoms with Crippen molar-refractivity contribution in [3.8, 4) is 0 Å². The number of carbonyl (C=O) groups excluding carboxylic acids is 1. The normalized spacial score (nSPS) is 14.6. The number of aryl methyl sites for hydroxylation is 1. The molecule has 1 amide bonds. The van der Waals surface area contributed by atoms with Crippen LogP contribution >= 0.6 is 0 Å². The first-order valence-electron chi connectivity index (χ1n) is 14.9. The minimum Gasteiger partial charge on any atom is -0.355 e. The maximum Gasteiger partial charge on any atom is 0.251 e. The summed E-state index contributed by atoms with van der Waals surface area (Å²) in [6.45, 7) is 16.8. The van der Waals surface area contributed by atoms with E-state index in [0.717, 1.165) is 56.3 Å². The van der Waals surface area contributed by atoms with Gasteiger partial charge in [-0.3, -0.25) is 9.69 Å². The molecule has 2 aromatic carbocycles. The van der Waals surface area contributed by atoms with Gasteiger partial charge in [0, 0.05) is 44.5 Å². The Morgan fingerprint density at radius 1 is 0.949 bits per heavy atom. The van der Waals surface area contributed by atoms with Gasteiger partial charge in [-0.25, -0.2) is 4.98 Å². The molecule has 1 saturated heterocycles. The number of anilines is 2. The molecule has 0 radical (unpaired) electrons. The zero-order chi connectivity index (χ0) is 27.8. The van der Waals surface area contributed by atoms with E-state index in [2.05, 4.69) is 70.9 Å². The Morgan fingerprint density at radius 3 is 2.28 bits per heavy atom. The predicted molar refractivity (Wildman–Crippen MR) is 163 cm³/mol. The number of hydrogen-bond donors (Lipinski definition) is 2. The number of piperidine rings is 1. The van der Waals surface area contributed by atoms with Crippen molar-refractivity contribution in [2.24, 2.45) is 11.8 Å². The van der Waals surface area contributed by atoms with Crippen LogP contribution < -0.4 is 10.6 Å². The molecule has 3 aromatic rings. The van der Waals surface area contributed by atoms with Crippen molar-refractivity contribution < 1.29 is 4.79 Å². The van der Waals surface area contributed by atoms with E-state index in [0.29, 0.717) is 17.4 Å². The molecule has 1 fully saturated rings. The van der Waals surface area contributed by atoms with Gasteiger partial charge < -0.3 is 20.1 Å². The number of rotatable bonds is 13. The van der Waals surface area contributed by atoms with Gasteiger partial charge in [-0.05, 0) is 92.7 Å². The molecular formula is C32H48N6O. The SMILES string of the molecule is CNC(=O)c1ccc(Nc2nc3ccc(CN(CC(C)C)CC(C)C)cc3n2CCCN2CCCCC2)cc1. The molecule has 2 heterocycles. The van der Waals surface area contributed by atoms with Gasteiger partial charge in [0.1, 0.15) is 0 Å². The van der Waals surface area contributed by atoms with Crippen molar-refractivity contribution in [3.63, 3.8) is 0 Å². The van der Waals surface area contributed by atoms with Crippen LogP contribution in [0.15, 0.2) is 42.5 Å². The zero-order valence-electron chi connectivity index (χ0n) is 24.7. The van der Waals surface area contributed by atoms with E-state index in [9.17, 15) is 4.79 Å². The van der Waals surface area contributed by atoms with Crippen molar-refractivity contribution in [1.29, 1.82) is 0 Å². The Labute approximate surface area is 235 Å². The van der Waals surface area contributed by atoms with Gasteiger partial charge in [-0.15, -0.1) is 0 Å². The first-order valence-corrected chi connectivity index (χ1v) is 14.9. The molecular weight excluding hydrogens is 484 g/mol. The molecule has 7 heteroatoms. The number of amides is 1. The van der Waals surface area contributed by atoms with Crippen LogP contribution in [0.5, 0.6) is 0 Å². The molecule has 0 aliphatic carbocycles. The fraction of sp³-hybridized carbons (Fsp3) is 0.562. The van der Waals surface area contributed by atoms with Crippen LogP contribution in [0, 0.1) is 11.8 Å². The van der Waals surface area contributed by atoms with Crippen molar-refractivity contribution in [1.82, 2.24) is 24.7 Å². The Morgan fingerprint density at radius 2 is 1.64 bits per heavy atom. The lowest BCUT2D eigenvalue weighted by atomic mass is 10.1. The summed E-state index contributed by atoms with van der Waals surface area (Å²) >= 11 is 0. The van der Waals surface area contributed by atoms with E-state index in [1.54, 1.807) is 7.05 Å². The molecule has 4 rings (SSSR count). The molecule has 0 unspecified atom stereocenters. The summed E-state index contributed by atoms with van der Waals surface area (Å²) < 4.78 is 2.35. The zero-order valence-corrected chi connectivity index (χ0v) is 24.7. The predicted octanol–water partition coefficient (Wildman–Crippen LogP) is 6.13. The topological polar surface area (TPSA) is 65.4 Å². The average Bonchev–Trinajstić information content (AvgIpc) is 3.24. The standard InChI is InChI=1S/C32H48N6O/c1-24(2)21-37(22-25(3)4)23-26-10-15-29-30(20-26)38(19-9-18-36-16-7-6-8-17-36)32(35-29)34-28-13-11-27(12-14-28)31(39)33-5/h10-15,20,24-25H,6-9,16-19,21-23H2,1-5H3,(H,33,39)(H,34,35). The number of carbonyl (C=O) groups is 1. The van der Waals surface area contributed by atoms with Crippen LogP contribution in [0.1, 0.15) is 69.3 Å². The van der Waals surface area contributed by atoms with Gasteiger partial charge in [-0.1, -0.05) is 40.2 Å². The van der Waals surface area contributed by atoms with E-state index in [-0.39, 0.29) is 5.91 Å². The third-order valence-corrected chi connectivity index (χ3v) is 7.40. The van der Waals surface area contributed by atoms with Crippen LogP contribution in [-0.2, 0) is 13.1 Å². The van der Waals surface area contributed by atoms with E-state index in [4.69, 9.17) is 4.98 Å². The maximum absolute atomic E-state index is 12.0. The monoisotopic (exact) mass is 532 g/mol. The summed E-state index contributed by atoms with van der Waals surface area (Å²) in [6, 6.07) is 14.3. The highest BCUT2D eigenvalue weighted by Gasteiger charge is 2.16. The third kappa shape index (κ3) is 8.29. The summed E-state index contributed by atoms with van der Waals surface area (Å²) in [5.74, 6) is 2.05. The minimum atomic E-state index is -0.0805. The summed E-state index contributed by atoms with van der Waals surface area (Å²) in [5.41, 5.74) is 5.11. The lowest BCUT2D eigenvalue weighted by Crippen LogP contribution is -2.31. The van der Waals surface area contributed by atoms with Crippen LogP contribution in [0.4, 0.5) is 11.6 Å². The molecule has 39 heavy (non-hydrogen) atoms. The highest BCUT2D eigenvalue weighted by atomic mass is 16.1. The second kappa shape index (κ2) is 13.9. The van der Waals surface area contributed by atoms with Crippen molar-refractivity contribution in [3.05, 3.63) is 53.6 Å². The number of fused-ring (bicyclic) bond motifs is 1. The summed E-state index contributed by atoms with van der Waals surface area (Å²) in [4.78, 5) is 22.2. The first kappa shape index (κ1) is 29.1. The number of nitrogens with one attached hydrogen (secondary N) is 2. The van der Waals surface area contributed by atoms with Gasteiger partial charge >= 0.3 is 0 Å². The van der Waals surface area contributed by atoms with Gasteiger partial charge in [0.2, 0.25) is 5.95 Å². The molecule has 1 aliphatic rings. The fourth-order valence-corrected chi connectivity index (χ4v) is 5.70. The van der Waals surface area contributed by atoms with E-state index < -0.39 is 0 Å². The molecule has 212 valence electrons. The Kier molecular flexibility index (Phi) is 10.4. The molecule has 7 nitrogen and oxygen atoms in total. The second-order valence-corrected chi connectivity index (χ2v) is 11.9. The summed E-state index contributed by atoms with van der Waals surface area (Å²) in [7, 11) is 1.65. The Hall–Kier alpha value is -2.90. The quantitative estimate of drug-likeness (QED) is 0.277. The molecule has 2 N–H and O–H groups in total. The molecule has 0 atom stereocenters. The summed E-state index contributed by atoms with van der Waals surface area (Å²) in [5, 5.41) is 6.23. The van der Waals surface area contributed by atoms with Crippen LogP contribution in [-0.4, -0.2) is 65.0 Å². The van der Waals surface area contributed by atoms with Crippen molar-refractivity contribution >= 4 is 28.6 Å². The van der Waals surface area contributed by atoms with Crippen LogP contribution in [0.25, 0.3) is 11.0 Å². The number of hydrogen-bond acceptors (Lipinski definition) is 5. The van der Waals surface area contributed by atoms with Crippen LogP contribution in [0.3, 0.4) is 0 Å². The van der Waals surface area contributed by atoms with Gasteiger partial charge in [0.15, 0.2) is 0 Å². The first-order chi connectivity index (χ1) is 18.8. The lowest BCUT2D eigenvalue weighted by Gasteiger charge is -2.26. The Balaban J connectivity index is 1.59. The number of nitrogens with zero attached hydrogens (tertiary/aromatic N) is 4. The van der Waals surface area contributed by atoms with E-state index in [1.807, 2.05) is 24.3 Å². The summed E-state index contributed by atoms with van der Waals surface area (Å²) in [6.07, 6.45) is 5.09. The molecule has 0 spiro atoms. The van der Waals surface area contributed by atoms with Gasteiger partial charge in [0.25, 0.3) is 5.91 Å². The van der Waals surface area contributed by atoms with Gasteiger partial charge in [0.05, 0.1) is 11.0 Å². The molecule has 0 saturated carbocycles. The smallest absolute Gasteiger partial charge is 0.251 e. The van der Waals surface area contributed by atoms with E-state index >= 15 is 0 Å². The largest absolute Gasteiger partial charge is 0.355 e.